The molecule has 0 saturated carbocycles. The van der Waals surface area contributed by atoms with E-state index < -0.39 is 0 Å². The maximum Gasteiger partial charge on any atom is 0.205 e. The van der Waals surface area contributed by atoms with Crippen molar-refractivity contribution in [2.45, 2.75) is 0 Å². The van der Waals surface area contributed by atoms with Crippen LogP contribution in [0, 0.1) is 0 Å². The Morgan fingerprint density at radius 2 is 1.95 bits per heavy atom. The molecule has 0 bridgehead atoms. The summed E-state index contributed by atoms with van der Waals surface area (Å²) < 4.78 is 2.58. The summed E-state index contributed by atoms with van der Waals surface area (Å²) in [4.78, 5) is 4.32. The third-order valence-corrected chi connectivity index (χ3v) is 4.43. The molecule has 0 spiro atoms. The van der Waals surface area contributed by atoms with E-state index in [2.05, 4.69) is 20.9 Å². The quantitative estimate of drug-likeness (QED) is 0.688. The molecule has 3 rings (SSSR count). The molecule has 1 heterocycles. The Bertz CT molecular complexity index is 783. The van der Waals surface area contributed by atoms with Crippen molar-refractivity contribution >= 4 is 56.1 Å². The van der Waals surface area contributed by atoms with E-state index in [4.69, 9.17) is 28.9 Å². The average molecular weight is 357 g/mol. The first-order chi connectivity index (χ1) is 9.08. The molecule has 3 aromatic rings. The van der Waals surface area contributed by atoms with Crippen LogP contribution in [0.1, 0.15) is 0 Å². The summed E-state index contributed by atoms with van der Waals surface area (Å²) in [7, 11) is 0. The molecule has 6 heteroatoms. The number of rotatable bonds is 1. The van der Waals surface area contributed by atoms with Gasteiger partial charge >= 0.3 is 0 Å². The lowest BCUT2D eigenvalue weighted by Gasteiger charge is -2.10. The van der Waals surface area contributed by atoms with Gasteiger partial charge in [-0.1, -0.05) is 29.3 Å². The maximum absolute atomic E-state index is 6.12. The minimum absolute atomic E-state index is 0.389. The van der Waals surface area contributed by atoms with Gasteiger partial charge in [0.15, 0.2) is 0 Å². The van der Waals surface area contributed by atoms with Gasteiger partial charge in [-0.25, -0.2) is 4.98 Å². The van der Waals surface area contributed by atoms with Crippen molar-refractivity contribution < 1.29 is 0 Å². The first kappa shape index (κ1) is 12.8. The third-order valence-electron chi connectivity index (χ3n) is 2.81. The zero-order chi connectivity index (χ0) is 13.6. The first-order valence-electron chi connectivity index (χ1n) is 5.46. The van der Waals surface area contributed by atoms with Gasteiger partial charge in [-0.3, -0.25) is 4.57 Å². The molecule has 0 saturated heterocycles. The Labute approximate surface area is 128 Å². The van der Waals surface area contributed by atoms with E-state index in [1.54, 1.807) is 12.1 Å². The van der Waals surface area contributed by atoms with Gasteiger partial charge in [0.1, 0.15) is 0 Å². The first-order valence-corrected chi connectivity index (χ1v) is 7.00. The van der Waals surface area contributed by atoms with Gasteiger partial charge in [0, 0.05) is 5.02 Å². The Hall–Kier alpha value is -1.23. The normalized spacial score (nSPS) is 11.1. The number of benzene rings is 2. The van der Waals surface area contributed by atoms with Crippen LogP contribution in [0.2, 0.25) is 10.0 Å². The Kier molecular flexibility index (Phi) is 3.17. The second-order valence-electron chi connectivity index (χ2n) is 4.01. The molecule has 1 aromatic heterocycles. The number of nitrogens with two attached hydrogens (primary N) is 1. The summed E-state index contributed by atoms with van der Waals surface area (Å²) in [6.07, 6.45) is 0. The molecular formula is C13H8BrCl2N3. The lowest BCUT2D eigenvalue weighted by molar-refractivity contribution is 1.10. The van der Waals surface area contributed by atoms with E-state index in [9.17, 15) is 0 Å². The van der Waals surface area contributed by atoms with Crippen molar-refractivity contribution in [2.75, 3.05) is 5.73 Å². The van der Waals surface area contributed by atoms with Crippen molar-refractivity contribution in [3.63, 3.8) is 0 Å². The fourth-order valence-corrected chi connectivity index (χ4v) is 2.76. The summed E-state index contributed by atoms with van der Waals surface area (Å²) in [6.45, 7) is 0. The molecule has 19 heavy (non-hydrogen) atoms. The van der Waals surface area contributed by atoms with Crippen LogP contribution >= 0.6 is 39.1 Å². The maximum atomic E-state index is 6.12. The Morgan fingerprint density at radius 3 is 2.74 bits per heavy atom. The number of hydrogen-bond acceptors (Lipinski definition) is 2. The van der Waals surface area contributed by atoms with Crippen LogP contribution in [0.25, 0.3) is 16.7 Å². The fourth-order valence-electron chi connectivity index (χ4n) is 1.99. The molecule has 0 aliphatic carbocycles. The highest BCUT2D eigenvalue weighted by Gasteiger charge is 2.14. The van der Waals surface area contributed by atoms with Gasteiger partial charge in [0.05, 0.1) is 26.2 Å². The van der Waals surface area contributed by atoms with Crippen LogP contribution in [-0.4, -0.2) is 9.55 Å². The second kappa shape index (κ2) is 4.71. The summed E-state index contributed by atoms with van der Waals surface area (Å²) in [5.41, 5.74) is 8.45. The topological polar surface area (TPSA) is 43.8 Å². The number of halogens is 3. The number of nitrogens with zero attached hydrogens (tertiary/aromatic N) is 2. The highest BCUT2D eigenvalue weighted by Crippen LogP contribution is 2.33. The number of nitrogen functional groups attached to an aromatic ring is 1. The van der Waals surface area contributed by atoms with Gasteiger partial charge in [0.2, 0.25) is 5.95 Å². The lowest BCUT2D eigenvalue weighted by Crippen LogP contribution is -2.01. The molecular weight excluding hydrogens is 349 g/mol. The van der Waals surface area contributed by atoms with Crippen LogP contribution in [0.5, 0.6) is 0 Å². The molecule has 0 aliphatic heterocycles. The van der Waals surface area contributed by atoms with Gasteiger partial charge < -0.3 is 5.73 Å². The van der Waals surface area contributed by atoms with E-state index in [1.807, 2.05) is 28.8 Å². The number of aromatic nitrogens is 2. The van der Waals surface area contributed by atoms with Crippen molar-refractivity contribution in [2.24, 2.45) is 0 Å². The number of anilines is 1. The molecule has 2 N–H and O–H groups in total. The SMILES string of the molecule is Nc1nc2ccc(Cl)cc2n1-c1cccc(Cl)c1Br. The fraction of sp³-hybridized carbons (Fsp3) is 0. The van der Waals surface area contributed by atoms with Crippen LogP contribution in [-0.2, 0) is 0 Å². The van der Waals surface area contributed by atoms with Crippen molar-refractivity contribution in [3.8, 4) is 5.69 Å². The number of fused-ring (bicyclic) bond motifs is 1. The predicted molar refractivity (Wildman–Crippen MR) is 83.2 cm³/mol. The molecule has 0 amide bonds. The molecule has 96 valence electrons. The van der Waals surface area contributed by atoms with Crippen LogP contribution in [0.15, 0.2) is 40.9 Å². The number of hydrogen-bond donors (Lipinski definition) is 1. The molecule has 3 nitrogen and oxygen atoms in total. The molecule has 0 unspecified atom stereocenters. The van der Waals surface area contributed by atoms with E-state index >= 15 is 0 Å². The lowest BCUT2D eigenvalue weighted by atomic mass is 10.3. The van der Waals surface area contributed by atoms with Crippen LogP contribution < -0.4 is 5.73 Å². The Morgan fingerprint density at radius 1 is 1.16 bits per heavy atom. The van der Waals surface area contributed by atoms with Gasteiger partial charge in [-0.2, -0.15) is 0 Å². The third kappa shape index (κ3) is 2.10. The van der Waals surface area contributed by atoms with Gasteiger partial charge in [-0.15, -0.1) is 0 Å². The minimum atomic E-state index is 0.389. The molecule has 2 aromatic carbocycles. The van der Waals surface area contributed by atoms with E-state index in [0.29, 0.717) is 16.0 Å². The Balaban J connectivity index is 2.39. The summed E-state index contributed by atoms with van der Waals surface area (Å²) in [6, 6.07) is 11.0. The van der Waals surface area contributed by atoms with Gasteiger partial charge in [0.25, 0.3) is 0 Å². The standard InChI is InChI=1S/C13H8BrCl2N3/c14-12-8(16)2-1-3-10(12)19-11-6-7(15)4-5-9(11)18-13(19)17/h1-6H,(H2,17,18). The molecule has 0 fully saturated rings. The number of imidazole rings is 1. The molecule has 0 atom stereocenters. The summed E-state index contributed by atoms with van der Waals surface area (Å²) >= 11 is 15.6. The van der Waals surface area contributed by atoms with E-state index in [0.717, 1.165) is 21.2 Å². The van der Waals surface area contributed by atoms with Crippen molar-refractivity contribution in [1.29, 1.82) is 0 Å². The molecule has 0 radical (unpaired) electrons. The molecule has 0 aliphatic rings. The zero-order valence-electron chi connectivity index (χ0n) is 9.57. The van der Waals surface area contributed by atoms with Crippen LogP contribution in [0.3, 0.4) is 0 Å². The monoisotopic (exact) mass is 355 g/mol. The zero-order valence-corrected chi connectivity index (χ0v) is 12.7. The highest BCUT2D eigenvalue weighted by molar-refractivity contribution is 9.10. The van der Waals surface area contributed by atoms with Crippen molar-refractivity contribution in [3.05, 3.63) is 50.9 Å². The summed E-state index contributed by atoms with van der Waals surface area (Å²) in [5, 5.41) is 1.24. The van der Waals surface area contributed by atoms with E-state index in [1.165, 1.54) is 0 Å². The smallest absolute Gasteiger partial charge is 0.205 e. The predicted octanol–water partition coefficient (Wildman–Crippen LogP) is 4.68. The largest absolute Gasteiger partial charge is 0.369 e. The van der Waals surface area contributed by atoms with Crippen molar-refractivity contribution in [1.82, 2.24) is 9.55 Å². The van der Waals surface area contributed by atoms with Gasteiger partial charge in [-0.05, 0) is 46.3 Å². The summed E-state index contributed by atoms with van der Waals surface area (Å²) in [5.74, 6) is 0.389. The minimum Gasteiger partial charge on any atom is -0.369 e. The van der Waals surface area contributed by atoms with Crippen LogP contribution in [0.4, 0.5) is 5.95 Å². The van der Waals surface area contributed by atoms with E-state index in [-0.39, 0.29) is 0 Å². The highest BCUT2D eigenvalue weighted by atomic mass is 79.9. The second-order valence-corrected chi connectivity index (χ2v) is 5.65. The average Bonchev–Trinajstić information content (AvgIpc) is 2.69.